The van der Waals surface area contributed by atoms with Crippen LogP contribution in [0.4, 0.5) is 11.4 Å². The van der Waals surface area contributed by atoms with Gasteiger partial charge in [-0.25, -0.2) is 8.42 Å². The number of hydrogen-bond donors (Lipinski definition) is 1. The normalized spacial score (nSPS) is 14.0. The van der Waals surface area contributed by atoms with Crippen molar-refractivity contribution in [1.82, 2.24) is 0 Å². The lowest BCUT2D eigenvalue weighted by molar-refractivity contribution is -0.115. The molecule has 1 aliphatic heterocycles. The number of benzene rings is 3. The monoisotopic (exact) mass is 368 g/mol. The molecule has 0 unspecified atom stereocenters. The number of rotatable bonds is 3. The summed E-state index contributed by atoms with van der Waals surface area (Å²) in [4.78, 5) is 12.1. The zero-order valence-electron chi connectivity index (χ0n) is 14.0. The molecule has 132 valence electrons. The molecule has 1 aliphatic rings. The first-order chi connectivity index (χ1) is 12.5. The van der Waals surface area contributed by atoms with Gasteiger partial charge in [-0.2, -0.15) is 0 Å². The number of nitrogens with zero attached hydrogens (tertiary/aromatic N) is 1. The van der Waals surface area contributed by atoms with Gasteiger partial charge in [0.25, 0.3) is 10.0 Å². The van der Waals surface area contributed by atoms with Gasteiger partial charge in [0.05, 0.1) is 23.4 Å². The van der Waals surface area contributed by atoms with Crippen LogP contribution >= 0.6 is 0 Å². The van der Waals surface area contributed by atoms with E-state index in [1.165, 1.54) is 0 Å². The highest BCUT2D eigenvalue weighted by Gasteiger charge is 2.32. The molecule has 0 atom stereocenters. The molecule has 1 amide bonds. The second kappa shape index (κ2) is 6.03. The maximum absolute atomic E-state index is 13.2. The van der Waals surface area contributed by atoms with Crippen LogP contribution in [0.3, 0.4) is 0 Å². The Morgan fingerprint density at radius 1 is 1.00 bits per heavy atom. The average molecular weight is 368 g/mol. The lowest BCUT2D eigenvalue weighted by Crippen LogP contribution is -2.42. The molecule has 0 bridgehead atoms. The molecule has 4 rings (SSSR count). The van der Waals surface area contributed by atoms with Gasteiger partial charge in [0, 0.05) is 0 Å². The van der Waals surface area contributed by atoms with E-state index in [1.54, 1.807) is 55.6 Å². The first-order valence-corrected chi connectivity index (χ1v) is 9.42. The second-order valence-corrected chi connectivity index (χ2v) is 7.81. The Labute approximate surface area is 151 Å². The van der Waals surface area contributed by atoms with Gasteiger partial charge in [-0.05, 0) is 47.2 Å². The van der Waals surface area contributed by atoms with Crippen molar-refractivity contribution in [1.29, 1.82) is 0 Å². The Morgan fingerprint density at radius 2 is 1.73 bits per heavy atom. The van der Waals surface area contributed by atoms with E-state index in [0.717, 1.165) is 15.1 Å². The molecule has 0 aliphatic carbocycles. The van der Waals surface area contributed by atoms with Gasteiger partial charge in [-0.15, -0.1) is 0 Å². The highest BCUT2D eigenvalue weighted by molar-refractivity contribution is 7.93. The molecule has 0 saturated carbocycles. The van der Waals surface area contributed by atoms with E-state index in [2.05, 4.69) is 5.32 Å². The smallest absolute Gasteiger partial charge is 0.264 e. The van der Waals surface area contributed by atoms with E-state index in [-0.39, 0.29) is 17.3 Å². The molecule has 3 aromatic rings. The Kier molecular flexibility index (Phi) is 3.81. The van der Waals surface area contributed by atoms with Crippen molar-refractivity contribution in [3.63, 3.8) is 0 Å². The van der Waals surface area contributed by atoms with Crippen molar-refractivity contribution < 1.29 is 17.9 Å². The largest absolute Gasteiger partial charge is 0.497 e. The number of hydrogen-bond acceptors (Lipinski definition) is 4. The number of sulfonamides is 1. The number of anilines is 2. The molecule has 26 heavy (non-hydrogen) atoms. The first-order valence-electron chi connectivity index (χ1n) is 7.98. The van der Waals surface area contributed by atoms with Gasteiger partial charge in [0.1, 0.15) is 12.3 Å². The van der Waals surface area contributed by atoms with E-state index in [9.17, 15) is 13.2 Å². The number of nitrogens with one attached hydrogen (secondary N) is 1. The molecule has 7 heteroatoms. The first kappa shape index (κ1) is 16.4. The van der Waals surface area contributed by atoms with Crippen molar-refractivity contribution in [2.75, 3.05) is 23.3 Å². The zero-order valence-corrected chi connectivity index (χ0v) is 14.8. The summed E-state index contributed by atoms with van der Waals surface area (Å²) < 4.78 is 32.7. The van der Waals surface area contributed by atoms with Crippen LogP contribution in [0, 0.1) is 0 Å². The van der Waals surface area contributed by atoms with Crippen LogP contribution in [-0.2, 0) is 14.8 Å². The van der Waals surface area contributed by atoms with Crippen LogP contribution in [0.2, 0.25) is 0 Å². The van der Waals surface area contributed by atoms with E-state index in [1.807, 2.05) is 12.1 Å². The molecule has 1 heterocycles. The summed E-state index contributed by atoms with van der Waals surface area (Å²) in [5.41, 5.74) is 0.944. The van der Waals surface area contributed by atoms with Gasteiger partial charge in [0.2, 0.25) is 5.91 Å². The Hall–Kier alpha value is -3.06. The Bertz CT molecular complexity index is 1130. The highest BCUT2D eigenvalue weighted by atomic mass is 32.2. The van der Waals surface area contributed by atoms with Crippen LogP contribution in [0.1, 0.15) is 0 Å². The molecular formula is C19H16N2O4S. The summed E-state index contributed by atoms with van der Waals surface area (Å²) in [6, 6.07) is 17.2. The molecule has 6 nitrogen and oxygen atoms in total. The number of carbonyl (C=O) groups excluding carboxylic acids is 1. The van der Waals surface area contributed by atoms with Gasteiger partial charge in [0.15, 0.2) is 0 Å². The van der Waals surface area contributed by atoms with E-state index < -0.39 is 10.0 Å². The number of para-hydroxylation sites is 2. The molecular weight excluding hydrogens is 352 g/mol. The van der Waals surface area contributed by atoms with Crippen molar-refractivity contribution in [2.45, 2.75) is 4.90 Å². The van der Waals surface area contributed by atoms with Gasteiger partial charge >= 0.3 is 0 Å². The van der Waals surface area contributed by atoms with Crippen molar-refractivity contribution in [3.05, 3.63) is 60.7 Å². The summed E-state index contributed by atoms with van der Waals surface area (Å²) in [7, 11) is -2.29. The fraction of sp³-hybridized carbons (Fsp3) is 0.105. The number of methoxy groups -OCH3 is 1. The maximum Gasteiger partial charge on any atom is 0.264 e. The lowest BCUT2D eigenvalue weighted by Gasteiger charge is -2.30. The molecule has 0 radical (unpaired) electrons. The van der Waals surface area contributed by atoms with Crippen LogP contribution < -0.4 is 14.4 Å². The molecule has 0 saturated heterocycles. The number of fused-ring (bicyclic) bond motifs is 2. The van der Waals surface area contributed by atoms with Crippen LogP contribution in [-0.4, -0.2) is 28.0 Å². The summed E-state index contributed by atoms with van der Waals surface area (Å²) >= 11 is 0. The molecule has 0 spiro atoms. The van der Waals surface area contributed by atoms with E-state index >= 15 is 0 Å². The minimum atomic E-state index is -3.87. The number of amides is 1. The Balaban J connectivity index is 1.82. The third-order valence-electron chi connectivity index (χ3n) is 4.34. The molecule has 1 N–H and O–H groups in total. The van der Waals surface area contributed by atoms with E-state index in [0.29, 0.717) is 17.1 Å². The average Bonchev–Trinajstić information content (AvgIpc) is 2.66. The maximum atomic E-state index is 13.2. The van der Waals surface area contributed by atoms with Crippen LogP contribution in [0.25, 0.3) is 10.8 Å². The molecule has 3 aromatic carbocycles. The van der Waals surface area contributed by atoms with E-state index in [4.69, 9.17) is 4.74 Å². The quantitative estimate of drug-likeness (QED) is 0.771. The predicted molar refractivity (Wildman–Crippen MR) is 100 cm³/mol. The van der Waals surface area contributed by atoms with Gasteiger partial charge in [-0.3, -0.25) is 9.10 Å². The summed E-state index contributed by atoms with van der Waals surface area (Å²) in [5.74, 6) is 0.340. The third kappa shape index (κ3) is 2.66. The molecule has 0 fully saturated rings. The Morgan fingerprint density at radius 3 is 2.54 bits per heavy atom. The topological polar surface area (TPSA) is 75.7 Å². The molecule has 0 aromatic heterocycles. The van der Waals surface area contributed by atoms with Crippen LogP contribution in [0.5, 0.6) is 5.75 Å². The van der Waals surface area contributed by atoms with Gasteiger partial charge < -0.3 is 10.1 Å². The predicted octanol–water partition coefficient (Wildman–Crippen LogP) is 3.00. The summed E-state index contributed by atoms with van der Waals surface area (Å²) in [6.07, 6.45) is 0. The fourth-order valence-corrected chi connectivity index (χ4v) is 4.51. The number of carbonyl (C=O) groups is 1. The third-order valence-corrected chi connectivity index (χ3v) is 6.10. The SMILES string of the molecule is COc1ccc2cc(S(=O)(=O)N3CC(=O)Nc4ccccc43)ccc2c1. The van der Waals surface area contributed by atoms with Crippen molar-refractivity contribution in [2.24, 2.45) is 0 Å². The number of ether oxygens (including phenoxy) is 1. The van der Waals surface area contributed by atoms with Crippen molar-refractivity contribution in [3.8, 4) is 5.75 Å². The lowest BCUT2D eigenvalue weighted by atomic mass is 10.1. The van der Waals surface area contributed by atoms with Crippen molar-refractivity contribution >= 4 is 38.1 Å². The minimum Gasteiger partial charge on any atom is -0.497 e. The summed E-state index contributed by atoms with van der Waals surface area (Å²) in [6.45, 7) is -0.250. The second-order valence-electron chi connectivity index (χ2n) is 5.95. The summed E-state index contributed by atoms with van der Waals surface area (Å²) in [5, 5.41) is 4.35. The van der Waals surface area contributed by atoms with Crippen LogP contribution in [0.15, 0.2) is 65.6 Å². The fourth-order valence-electron chi connectivity index (χ4n) is 3.03. The minimum absolute atomic E-state index is 0.139. The van der Waals surface area contributed by atoms with Gasteiger partial charge in [-0.1, -0.05) is 24.3 Å². The standard InChI is InChI=1S/C19H16N2O4S/c1-25-15-8-6-14-11-16(9-7-13(14)10-15)26(23,24)21-12-19(22)20-17-4-2-3-5-18(17)21/h2-11H,12H2,1H3,(H,20,22). The zero-order chi connectivity index (χ0) is 18.3. The highest BCUT2D eigenvalue weighted by Crippen LogP contribution is 2.34.